The highest BCUT2D eigenvalue weighted by Crippen LogP contribution is 2.32. The van der Waals surface area contributed by atoms with Crippen LogP contribution in [0, 0.1) is 24.7 Å². The average Bonchev–Trinajstić information content (AvgIpc) is 3.57. The highest BCUT2D eigenvalue weighted by molar-refractivity contribution is 5.98. The number of ketones is 2. The number of amides is 1. The van der Waals surface area contributed by atoms with Crippen molar-refractivity contribution in [2.24, 2.45) is 23.5 Å². The van der Waals surface area contributed by atoms with E-state index in [2.05, 4.69) is 15.5 Å². The third-order valence-corrected chi connectivity index (χ3v) is 10.5. The number of nitrogens with one attached hydrogen (secondary N) is 3. The summed E-state index contributed by atoms with van der Waals surface area (Å²) in [6.07, 6.45) is 5.06. The number of carbonyl (C=O) groups is 3. The number of methoxy groups -OCH3 is 1. The van der Waals surface area contributed by atoms with E-state index in [9.17, 15) is 19.2 Å². The van der Waals surface area contributed by atoms with E-state index in [0.717, 1.165) is 47.9 Å². The van der Waals surface area contributed by atoms with Crippen molar-refractivity contribution in [3.05, 3.63) is 87.7 Å². The number of benzene rings is 3. The summed E-state index contributed by atoms with van der Waals surface area (Å²) in [5.41, 5.74) is 11.4. The number of H-pyrrole nitrogens is 2. The summed E-state index contributed by atoms with van der Waals surface area (Å²) in [7, 11) is 1.63. The fourth-order valence-corrected chi connectivity index (χ4v) is 7.18. The third-order valence-electron chi connectivity index (χ3n) is 10.5. The molecule has 1 aliphatic carbocycles. The van der Waals surface area contributed by atoms with Crippen LogP contribution in [0.2, 0.25) is 0 Å². The van der Waals surface area contributed by atoms with Gasteiger partial charge in [0.25, 0.3) is 5.56 Å². The Labute approximate surface area is 322 Å². The molecule has 5 rings (SSSR count). The van der Waals surface area contributed by atoms with Gasteiger partial charge in [-0.05, 0) is 104 Å². The molecule has 0 saturated heterocycles. The van der Waals surface area contributed by atoms with Crippen molar-refractivity contribution in [1.82, 2.24) is 10.2 Å². The van der Waals surface area contributed by atoms with Gasteiger partial charge in [0, 0.05) is 49.6 Å². The molecular weight excluding hydrogens is 700 g/mol. The molecule has 12 nitrogen and oxygen atoms in total. The third kappa shape index (κ3) is 12.5. The summed E-state index contributed by atoms with van der Waals surface area (Å²) < 4.78 is 21.4. The summed E-state index contributed by atoms with van der Waals surface area (Å²) in [6.45, 7) is 6.21. The molecule has 1 heterocycles. The van der Waals surface area contributed by atoms with Crippen LogP contribution in [0.5, 0.6) is 0 Å². The number of anilines is 1. The standard InChI is InChI=1S/C43H56N4O8/c1-29-24-34(40(48)4-3-17-53-20-21-55-23-22-54-19-18-52-2)13-15-37(29)32-9-5-30(6-10-32)25-35(26-41(49)33-11-7-31(28-44)8-12-33)42(50)45-36-14-16-38-39(27-36)46-47-43(38)51/h5-6,9-10,13-16,24,27,31,33,35H,3-4,7-8,11-12,17-23,25-26,28,44H2,1-2H3,(H,45,50)(H2,46,47,51)/t31?,33?,35-/m1/s1. The number of hydrogen-bond acceptors (Lipinski definition) is 9. The molecule has 0 bridgehead atoms. The number of Topliss-reactive ketones (excluding diaryl/α,β-unsaturated/α-hetero) is 2. The Bertz CT molecular complexity index is 1890. The normalized spacial score (nSPS) is 16.3. The lowest BCUT2D eigenvalue weighted by Gasteiger charge is -2.27. The molecule has 1 atom stereocenters. The van der Waals surface area contributed by atoms with Gasteiger partial charge >= 0.3 is 0 Å². The van der Waals surface area contributed by atoms with Crippen molar-refractivity contribution >= 4 is 34.1 Å². The smallest absolute Gasteiger partial charge is 0.271 e. The zero-order valence-corrected chi connectivity index (χ0v) is 32.2. The maximum Gasteiger partial charge on any atom is 0.271 e. The van der Waals surface area contributed by atoms with E-state index >= 15 is 0 Å². The second kappa shape index (κ2) is 21.6. The molecule has 0 unspecified atom stereocenters. The molecule has 0 spiro atoms. The summed E-state index contributed by atoms with van der Waals surface area (Å²) in [5.74, 6) is -0.212. The van der Waals surface area contributed by atoms with Gasteiger partial charge in [-0.3, -0.25) is 29.4 Å². The molecular formula is C43H56N4O8. The summed E-state index contributed by atoms with van der Waals surface area (Å²) in [4.78, 5) is 52.2. The average molecular weight is 757 g/mol. The van der Waals surface area contributed by atoms with Crippen molar-refractivity contribution in [2.45, 2.75) is 58.3 Å². The SMILES string of the molecule is COCCOCCOCCOCCCC(=O)c1ccc(-c2ccc(C[C@H](CC(=O)C3CCC(CN)CC3)C(=O)Nc3ccc4c(=O)[nH][nH]c4c3)cc2)c(C)c1. The molecule has 0 aliphatic heterocycles. The van der Waals surface area contributed by atoms with E-state index in [1.165, 1.54) is 0 Å². The monoisotopic (exact) mass is 756 g/mol. The van der Waals surface area contributed by atoms with E-state index in [1.807, 2.05) is 49.4 Å². The maximum atomic E-state index is 13.8. The first-order chi connectivity index (χ1) is 26.7. The Hall–Kier alpha value is -4.46. The van der Waals surface area contributed by atoms with E-state index < -0.39 is 5.92 Å². The number of rotatable bonds is 23. The predicted molar refractivity (Wildman–Crippen MR) is 213 cm³/mol. The highest BCUT2D eigenvalue weighted by Gasteiger charge is 2.30. The molecule has 3 aromatic carbocycles. The second-order valence-electron chi connectivity index (χ2n) is 14.4. The van der Waals surface area contributed by atoms with E-state index in [-0.39, 0.29) is 35.4 Å². The number of carbonyl (C=O) groups excluding carboxylic acids is 3. The molecule has 12 heteroatoms. The molecule has 1 aromatic heterocycles. The van der Waals surface area contributed by atoms with Gasteiger partial charge in [0.05, 0.1) is 50.5 Å². The number of fused-ring (bicyclic) bond motifs is 1. The zero-order chi connectivity index (χ0) is 39.0. The Balaban J connectivity index is 1.14. The van der Waals surface area contributed by atoms with Gasteiger partial charge in [-0.1, -0.05) is 36.4 Å². The molecule has 1 fully saturated rings. The molecule has 296 valence electrons. The van der Waals surface area contributed by atoms with E-state index in [1.54, 1.807) is 25.3 Å². The number of aromatic amines is 2. The first-order valence-corrected chi connectivity index (χ1v) is 19.4. The van der Waals surface area contributed by atoms with Crippen LogP contribution in [0.3, 0.4) is 0 Å². The minimum absolute atomic E-state index is 0.0548. The Morgan fingerprint density at radius 3 is 2.20 bits per heavy atom. The van der Waals surface area contributed by atoms with Crippen LogP contribution in [0.25, 0.3) is 22.0 Å². The Morgan fingerprint density at radius 2 is 1.53 bits per heavy atom. The van der Waals surface area contributed by atoms with Crippen LogP contribution in [0.4, 0.5) is 5.69 Å². The molecule has 1 saturated carbocycles. The van der Waals surface area contributed by atoms with Gasteiger partial charge in [0.1, 0.15) is 5.78 Å². The summed E-state index contributed by atoms with van der Waals surface area (Å²) >= 11 is 0. The largest absolute Gasteiger partial charge is 0.382 e. The maximum absolute atomic E-state index is 13.8. The van der Waals surface area contributed by atoms with Gasteiger partial charge in [-0.25, -0.2) is 0 Å². The highest BCUT2D eigenvalue weighted by atomic mass is 16.6. The first-order valence-electron chi connectivity index (χ1n) is 19.4. The minimum Gasteiger partial charge on any atom is -0.382 e. The number of aryl methyl sites for hydroxylation is 1. The lowest BCUT2D eigenvalue weighted by molar-refractivity contribution is -0.129. The topological polar surface area (TPSA) is 175 Å². The van der Waals surface area contributed by atoms with Crippen LogP contribution in [0.15, 0.2) is 65.5 Å². The fraction of sp³-hybridized carbons (Fsp3) is 0.488. The Morgan fingerprint density at radius 1 is 0.836 bits per heavy atom. The van der Waals surface area contributed by atoms with Crippen LogP contribution >= 0.6 is 0 Å². The van der Waals surface area contributed by atoms with Gasteiger partial charge in [-0.15, -0.1) is 0 Å². The quantitative estimate of drug-likeness (QED) is 0.0522. The predicted octanol–water partition coefficient (Wildman–Crippen LogP) is 6.01. The second-order valence-corrected chi connectivity index (χ2v) is 14.4. The Kier molecular flexibility index (Phi) is 16.4. The molecule has 1 amide bonds. The van der Waals surface area contributed by atoms with Crippen molar-refractivity contribution in [3.63, 3.8) is 0 Å². The van der Waals surface area contributed by atoms with Gasteiger partial charge < -0.3 is 30.0 Å². The molecule has 4 aromatic rings. The number of hydrogen-bond donors (Lipinski definition) is 4. The van der Waals surface area contributed by atoms with E-state index in [4.69, 9.17) is 24.7 Å². The van der Waals surface area contributed by atoms with Gasteiger partial charge in [-0.2, -0.15) is 0 Å². The van der Waals surface area contributed by atoms with E-state index in [0.29, 0.717) is 100 Å². The molecule has 0 radical (unpaired) electrons. The van der Waals surface area contributed by atoms with Crippen LogP contribution in [-0.4, -0.2) is 87.6 Å². The molecule has 5 N–H and O–H groups in total. The molecule has 55 heavy (non-hydrogen) atoms. The lowest BCUT2D eigenvalue weighted by atomic mass is 9.77. The zero-order valence-electron chi connectivity index (χ0n) is 32.2. The summed E-state index contributed by atoms with van der Waals surface area (Å²) in [5, 5.41) is 8.88. The van der Waals surface area contributed by atoms with Crippen LogP contribution < -0.4 is 16.6 Å². The van der Waals surface area contributed by atoms with Crippen molar-refractivity contribution in [2.75, 3.05) is 65.2 Å². The van der Waals surface area contributed by atoms with Crippen molar-refractivity contribution in [1.29, 1.82) is 0 Å². The number of ether oxygens (including phenoxy) is 4. The van der Waals surface area contributed by atoms with Gasteiger partial charge in [0.2, 0.25) is 5.91 Å². The number of aromatic nitrogens is 2. The molecule has 1 aliphatic rings. The lowest BCUT2D eigenvalue weighted by Crippen LogP contribution is -2.31. The number of nitrogens with two attached hydrogens (primary N) is 1. The van der Waals surface area contributed by atoms with Gasteiger partial charge in [0.15, 0.2) is 5.78 Å². The summed E-state index contributed by atoms with van der Waals surface area (Å²) in [6, 6.07) is 18.9. The minimum atomic E-state index is -0.575. The van der Waals surface area contributed by atoms with Crippen LogP contribution in [0.1, 0.15) is 66.4 Å². The fourth-order valence-electron chi connectivity index (χ4n) is 7.18. The first kappa shape index (κ1) is 41.7. The van der Waals surface area contributed by atoms with Crippen LogP contribution in [-0.2, 0) is 35.0 Å². The van der Waals surface area contributed by atoms with Crippen molar-refractivity contribution < 1.29 is 33.3 Å². The van der Waals surface area contributed by atoms with Crippen molar-refractivity contribution in [3.8, 4) is 11.1 Å².